The lowest BCUT2D eigenvalue weighted by Gasteiger charge is -2.55. The highest BCUT2D eigenvalue weighted by Gasteiger charge is 2.51. The number of hydrogen-bond acceptors (Lipinski definition) is 7. The third-order valence-electron chi connectivity index (χ3n) is 8.43. The van der Waals surface area contributed by atoms with E-state index in [4.69, 9.17) is 4.74 Å². The molecular weight excluding hydrogens is 648 g/mol. The van der Waals surface area contributed by atoms with Crippen LogP contribution < -0.4 is 15.4 Å². The molecule has 2 fully saturated rings. The lowest BCUT2D eigenvalue weighted by Crippen LogP contribution is -2.76. The molecule has 14 heteroatoms. The molecule has 2 heterocycles. The highest BCUT2D eigenvalue weighted by molar-refractivity contribution is 5.91. The number of benzene rings is 3. The minimum Gasteiger partial charge on any atom is -0.410 e. The molecule has 0 radical (unpaired) electrons. The van der Waals surface area contributed by atoms with Crippen LogP contribution in [0.3, 0.4) is 0 Å². The molecular formula is C36H41F2N7O5. The first-order chi connectivity index (χ1) is 24.0. The zero-order chi connectivity index (χ0) is 35.8. The molecule has 0 unspecified atom stereocenters. The second-order valence-electron chi connectivity index (χ2n) is 12.3. The quantitative estimate of drug-likeness (QED) is 0.280. The zero-order valence-corrected chi connectivity index (χ0v) is 28.1. The minimum absolute atomic E-state index is 0.0553. The topological polar surface area (TPSA) is 118 Å². The molecule has 5 amide bonds. The Labute approximate surface area is 289 Å². The number of nitrogens with one attached hydrogen (secondary N) is 2. The van der Waals surface area contributed by atoms with Crippen LogP contribution in [0.2, 0.25) is 0 Å². The number of rotatable bonds is 12. The largest absolute Gasteiger partial charge is 0.412 e. The number of nitrogens with zero attached hydrogens (tertiary/aromatic N) is 5. The Bertz CT molecular complexity index is 1690. The van der Waals surface area contributed by atoms with E-state index in [-0.39, 0.29) is 56.4 Å². The maximum absolute atomic E-state index is 14.9. The van der Waals surface area contributed by atoms with Crippen molar-refractivity contribution in [1.82, 2.24) is 35.4 Å². The zero-order valence-electron chi connectivity index (χ0n) is 28.1. The summed E-state index contributed by atoms with van der Waals surface area (Å²) in [4.78, 5) is 58.8. The summed E-state index contributed by atoms with van der Waals surface area (Å²) in [6.07, 6.45) is 0.0671. The van der Waals surface area contributed by atoms with Crippen LogP contribution in [0.4, 0.5) is 18.4 Å². The molecule has 3 aromatic rings. The first-order valence-corrected chi connectivity index (χ1v) is 16.2. The number of halogens is 2. The Morgan fingerprint density at radius 3 is 2.42 bits per heavy atom. The number of likely N-dealkylation sites (N-methyl/N-ethyl adjacent to an activating group) is 1. The van der Waals surface area contributed by atoms with E-state index in [1.54, 1.807) is 35.4 Å². The summed E-state index contributed by atoms with van der Waals surface area (Å²) < 4.78 is 34.0. The first-order valence-electron chi connectivity index (χ1n) is 16.2. The fourth-order valence-electron chi connectivity index (χ4n) is 6.00. The van der Waals surface area contributed by atoms with Crippen molar-refractivity contribution in [2.75, 3.05) is 46.8 Å². The van der Waals surface area contributed by atoms with Gasteiger partial charge >= 0.3 is 12.1 Å². The minimum atomic E-state index is -1.07. The maximum Gasteiger partial charge on any atom is 0.412 e. The van der Waals surface area contributed by atoms with Gasteiger partial charge in [-0.05, 0) is 43.4 Å². The number of carbonyl (C=O) groups is 4. The molecule has 12 nitrogen and oxygen atoms in total. The Morgan fingerprint density at radius 1 is 1.00 bits per heavy atom. The van der Waals surface area contributed by atoms with Gasteiger partial charge in [0.2, 0.25) is 11.8 Å². The van der Waals surface area contributed by atoms with Crippen LogP contribution in [0.25, 0.3) is 0 Å². The molecule has 5 rings (SSSR count). The number of amides is 5. The van der Waals surface area contributed by atoms with E-state index in [1.165, 1.54) is 20.9 Å². The Morgan fingerprint density at radius 2 is 1.74 bits per heavy atom. The molecule has 2 N–H and O–H groups in total. The van der Waals surface area contributed by atoms with Crippen molar-refractivity contribution in [2.45, 2.75) is 31.7 Å². The Hall–Kier alpha value is -5.34. The standard InChI is InChI=1S/C36H41F2N7O5/c1-4-17-43-24-33(46)44-31(19-25-10-14-29(15-11-25)50-36(49)39-16-18-41(2)3)34(47)42(22-27-12-13-28(37)20-30(27)38)23-32(44)45(43)35(48)40-21-26-8-6-5-7-9-26/h4-15,20,31-32H,1,16-19,21-24H2,2-3H3,(H,39,49)(H,40,48)/t31-,32-/m0/s1. The lowest BCUT2D eigenvalue weighted by atomic mass is 9.98. The number of hydrogen-bond donors (Lipinski definition) is 2. The summed E-state index contributed by atoms with van der Waals surface area (Å²) in [5, 5.41) is 8.58. The van der Waals surface area contributed by atoms with Gasteiger partial charge < -0.3 is 30.1 Å². The summed E-state index contributed by atoms with van der Waals surface area (Å²) in [6.45, 7) is 4.70. The Kier molecular flexibility index (Phi) is 11.8. The summed E-state index contributed by atoms with van der Waals surface area (Å²) in [5.41, 5.74) is 1.60. The first kappa shape index (κ1) is 36.0. The van der Waals surface area contributed by atoms with E-state index >= 15 is 0 Å². The predicted octanol–water partition coefficient (Wildman–Crippen LogP) is 3.35. The van der Waals surface area contributed by atoms with Crippen molar-refractivity contribution < 1.29 is 32.7 Å². The third-order valence-corrected chi connectivity index (χ3v) is 8.43. The van der Waals surface area contributed by atoms with Crippen LogP contribution in [-0.4, -0.2) is 108 Å². The summed E-state index contributed by atoms with van der Waals surface area (Å²) in [7, 11) is 3.77. The van der Waals surface area contributed by atoms with E-state index in [2.05, 4.69) is 17.2 Å². The van der Waals surface area contributed by atoms with Crippen molar-refractivity contribution in [3.63, 3.8) is 0 Å². The molecule has 50 heavy (non-hydrogen) atoms. The van der Waals surface area contributed by atoms with Gasteiger partial charge in [-0.25, -0.2) is 28.4 Å². The fraction of sp³-hybridized carbons (Fsp3) is 0.333. The number of urea groups is 1. The van der Waals surface area contributed by atoms with E-state index < -0.39 is 41.9 Å². The monoisotopic (exact) mass is 689 g/mol. The molecule has 2 aliphatic heterocycles. The van der Waals surface area contributed by atoms with E-state index in [0.717, 1.165) is 17.7 Å². The van der Waals surface area contributed by atoms with Gasteiger partial charge in [0, 0.05) is 50.8 Å². The molecule has 3 aromatic carbocycles. The molecule has 0 aliphatic carbocycles. The van der Waals surface area contributed by atoms with Crippen molar-refractivity contribution >= 4 is 23.9 Å². The summed E-state index contributed by atoms with van der Waals surface area (Å²) in [6, 6.07) is 17.4. The van der Waals surface area contributed by atoms with Gasteiger partial charge in [-0.2, -0.15) is 0 Å². The van der Waals surface area contributed by atoms with Crippen LogP contribution in [0.5, 0.6) is 5.75 Å². The van der Waals surface area contributed by atoms with Crippen molar-refractivity contribution in [2.24, 2.45) is 0 Å². The second kappa shape index (κ2) is 16.4. The van der Waals surface area contributed by atoms with Crippen molar-refractivity contribution in [3.8, 4) is 5.75 Å². The fourth-order valence-corrected chi connectivity index (χ4v) is 6.00. The van der Waals surface area contributed by atoms with Gasteiger partial charge in [0.05, 0.1) is 13.1 Å². The number of carbonyl (C=O) groups excluding carboxylic acids is 4. The van der Waals surface area contributed by atoms with Crippen LogP contribution in [-0.2, 0) is 29.1 Å². The highest BCUT2D eigenvalue weighted by atomic mass is 19.1. The van der Waals surface area contributed by atoms with Crippen LogP contribution in [0, 0.1) is 11.6 Å². The van der Waals surface area contributed by atoms with E-state index in [9.17, 15) is 28.0 Å². The summed E-state index contributed by atoms with van der Waals surface area (Å²) in [5.74, 6) is -2.11. The molecule has 0 aromatic heterocycles. The molecule has 264 valence electrons. The van der Waals surface area contributed by atoms with Gasteiger partial charge in [0.1, 0.15) is 29.6 Å². The number of ether oxygens (including phenoxy) is 1. The molecule has 2 saturated heterocycles. The SMILES string of the molecule is C=CCN1CC(=O)N2[C@@H](Cc3ccc(OC(=O)NCCN(C)C)cc3)C(=O)N(Cc3ccc(F)cc3F)C[C@@H]2N1C(=O)NCc1ccccc1. The molecule has 0 spiro atoms. The molecule has 2 atom stereocenters. The smallest absolute Gasteiger partial charge is 0.410 e. The summed E-state index contributed by atoms with van der Waals surface area (Å²) >= 11 is 0. The average molecular weight is 690 g/mol. The lowest BCUT2D eigenvalue weighted by molar-refractivity contribution is -0.189. The average Bonchev–Trinajstić information content (AvgIpc) is 3.08. The van der Waals surface area contributed by atoms with E-state index in [0.29, 0.717) is 18.7 Å². The maximum atomic E-state index is 14.9. The molecule has 2 aliphatic rings. The van der Waals surface area contributed by atoms with Crippen molar-refractivity contribution in [1.29, 1.82) is 0 Å². The number of piperazine rings is 1. The van der Waals surface area contributed by atoms with Gasteiger partial charge in [-0.1, -0.05) is 54.6 Å². The van der Waals surface area contributed by atoms with Crippen LogP contribution in [0.1, 0.15) is 16.7 Å². The van der Waals surface area contributed by atoms with Gasteiger partial charge in [0.25, 0.3) is 0 Å². The normalized spacial score (nSPS) is 17.8. The van der Waals surface area contributed by atoms with Gasteiger partial charge in [0.15, 0.2) is 0 Å². The van der Waals surface area contributed by atoms with Crippen LogP contribution >= 0.6 is 0 Å². The van der Waals surface area contributed by atoms with E-state index in [1.807, 2.05) is 49.3 Å². The van der Waals surface area contributed by atoms with Crippen molar-refractivity contribution in [3.05, 3.63) is 114 Å². The third kappa shape index (κ3) is 8.81. The highest BCUT2D eigenvalue weighted by Crippen LogP contribution is 2.30. The Balaban J connectivity index is 1.42. The van der Waals surface area contributed by atoms with Crippen LogP contribution in [0.15, 0.2) is 85.5 Å². The molecule has 0 saturated carbocycles. The number of fused-ring (bicyclic) bond motifs is 1. The predicted molar refractivity (Wildman–Crippen MR) is 181 cm³/mol. The second-order valence-corrected chi connectivity index (χ2v) is 12.3. The number of hydrazine groups is 1. The van der Waals surface area contributed by atoms with Gasteiger partial charge in [-0.15, -0.1) is 6.58 Å². The van der Waals surface area contributed by atoms with Gasteiger partial charge in [-0.3, -0.25) is 9.59 Å². The molecule has 0 bridgehead atoms.